The van der Waals surface area contributed by atoms with Gasteiger partial charge in [-0.25, -0.2) is 0 Å². The average Bonchev–Trinajstić information content (AvgIpc) is 2.76. The van der Waals surface area contributed by atoms with Crippen molar-refractivity contribution >= 4 is 11.6 Å². The van der Waals surface area contributed by atoms with Crippen LogP contribution in [0, 0.1) is 0 Å². The van der Waals surface area contributed by atoms with Gasteiger partial charge in [0.2, 0.25) is 0 Å². The van der Waals surface area contributed by atoms with Crippen molar-refractivity contribution < 1.29 is 9.53 Å². The first-order valence-corrected chi connectivity index (χ1v) is 9.36. The fourth-order valence-corrected chi connectivity index (χ4v) is 3.04. The number of aromatic nitrogens is 1. The van der Waals surface area contributed by atoms with Crippen LogP contribution in [0.25, 0.3) is 0 Å². The van der Waals surface area contributed by atoms with Gasteiger partial charge in [0.05, 0.1) is 7.11 Å². The lowest BCUT2D eigenvalue weighted by Gasteiger charge is -2.23. The first kappa shape index (κ1) is 19.4. The highest BCUT2D eigenvalue weighted by Crippen LogP contribution is 2.19. The molecule has 0 aliphatic rings. The molecule has 0 fully saturated rings. The zero-order valence-corrected chi connectivity index (χ0v) is 16.3. The molecule has 0 saturated carbocycles. The number of carbonyl (C=O) groups excluding carboxylic acids is 1. The minimum atomic E-state index is -0.205. The summed E-state index contributed by atoms with van der Waals surface area (Å²) in [5, 5.41) is 2.92. The number of methoxy groups -OCH3 is 1. The van der Waals surface area contributed by atoms with Gasteiger partial charge in [0.15, 0.2) is 0 Å². The summed E-state index contributed by atoms with van der Waals surface area (Å²) in [7, 11) is 1.62. The summed E-state index contributed by atoms with van der Waals surface area (Å²) < 4.78 is 5.33. The number of nitrogens with one attached hydrogen (secondary N) is 1. The second kappa shape index (κ2) is 9.55. The molecule has 3 aromatic rings. The van der Waals surface area contributed by atoms with Crippen molar-refractivity contribution in [2.75, 3.05) is 18.6 Å². The molecule has 5 nitrogen and oxygen atoms in total. The summed E-state index contributed by atoms with van der Waals surface area (Å²) in [5.74, 6) is 0.549. The SMILES string of the molecule is CCN(Cc1ccccc1)c1ccnc(C(=O)NCc2ccccc2OC)c1. The average molecular weight is 375 g/mol. The highest BCUT2D eigenvalue weighted by molar-refractivity contribution is 5.93. The summed E-state index contributed by atoms with van der Waals surface area (Å²) in [6, 6.07) is 21.7. The van der Waals surface area contributed by atoms with E-state index in [2.05, 4.69) is 34.3 Å². The standard InChI is InChI=1S/C23H25N3O2/c1-3-26(17-18-9-5-4-6-10-18)20-13-14-24-21(15-20)23(27)25-16-19-11-7-8-12-22(19)28-2/h4-15H,3,16-17H2,1-2H3,(H,25,27). The summed E-state index contributed by atoms with van der Waals surface area (Å²) in [6.07, 6.45) is 1.68. The number of carbonyl (C=O) groups is 1. The Bertz CT molecular complexity index is 912. The van der Waals surface area contributed by atoms with Gasteiger partial charge in [0.1, 0.15) is 11.4 Å². The molecule has 1 heterocycles. The van der Waals surface area contributed by atoms with Crippen LogP contribution >= 0.6 is 0 Å². The molecular formula is C23H25N3O2. The normalized spacial score (nSPS) is 10.4. The Morgan fingerprint density at radius 1 is 1.07 bits per heavy atom. The lowest BCUT2D eigenvalue weighted by atomic mass is 10.2. The van der Waals surface area contributed by atoms with E-state index in [4.69, 9.17) is 4.74 Å². The minimum Gasteiger partial charge on any atom is -0.496 e. The number of anilines is 1. The van der Waals surface area contributed by atoms with Crippen LogP contribution in [0.3, 0.4) is 0 Å². The third kappa shape index (κ3) is 4.88. The number of ether oxygens (including phenoxy) is 1. The Labute approximate surface area is 166 Å². The Morgan fingerprint density at radius 2 is 1.82 bits per heavy atom. The van der Waals surface area contributed by atoms with Gasteiger partial charge in [-0.15, -0.1) is 0 Å². The molecule has 0 unspecified atom stereocenters. The molecule has 0 radical (unpaired) electrons. The summed E-state index contributed by atoms with van der Waals surface area (Å²) in [4.78, 5) is 19.1. The van der Waals surface area contributed by atoms with Gasteiger partial charge in [-0.1, -0.05) is 48.5 Å². The Kier molecular flexibility index (Phi) is 6.63. The maximum Gasteiger partial charge on any atom is 0.270 e. The van der Waals surface area contributed by atoms with Crippen molar-refractivity contribution in [1.82, 2.24) is 10.3 Å². The van der Waals surface area contributed by atoms with Crippen LogP contribution in [0.4, 0.5) is 5.69 Å². The molecule has 3 rings (SSSR count). The molecular weight excluding hydrogens is 350 g/mol. The van der Waals surface area contributed by atoms with Crippen molar-refractivity contribution in [2.24, 2.45) is 0 Å². The van der Waals surface area contributed by atoms with Crippen LogP contribution in [-0.2, 0) is 13.1 Å². The molecule has 0 saturated heterocycles. The molecule has 0 spiro atoms. The molecule has 1 N–H and O–H groups in total. The molecule has 0 atom stereocenters. The van der Waals surface area contributed by atoms with Crippen molar-refractivity contribution in [3.05, 3.63) is 89.7 Å². The highest BCUT2D eigenvalue weighted by Gasteiger charge is 2.12. The fourth-order valence-electron chi connectivity index (χ4n) is 3.04. The molecule has 1 amide bonds. The maximum atomic E-state index is 12.6. The smallest absolute Gasteiger partial charge is 0.270 e. The van der Waals surface area contributed by atoms with Crippen molar-refractivity contribution in [2.45, 2.75) is 20.0 Å². The first-order valence-electron chi connectivity index (χ1n) is 9.36. The monoisotopic (exact) mass is 375 g/mol. The van der Waals surface area contributed by atoms with Crippen LogP contribution in [-0.4, -0.2) is 24.5 Å². The summed E-state index contributed by atoms with van der Waals surface area (Å²) >= 11 is 0. The number of hydrogen-bond acceptors (Lipinski definition) is 4. The largest absolute Gasteiger partial charge is 0.496 e. The quantitative estimate of drug-likeness (QED) is 0.645. The number of amides is 1. The Balaban J connectivity index is 1.70. The van der Waals surface area contributed by atoms with Gasteiger partial charge in [0.25, 0.3) is 5.91 Å². The number of rotatable bonds is 8. The summed E-state index contributed by atoms with van der Waals surface area (Å²) in [5.41, 5.74) is 3.53. The van der Waals surface area contributed by atoms with Crippen molar-refractivity contribution in [3.63, 3.8) is 0 Å². The topological polar surface area (TPSA) is 54.5 Å². The van der Waals surface area contributed by atoms with E-state index in [1.54, 1.807) is 13.3 Å². The lowest BCUT2D eigenvalue weighted by Crippen LogP contribution is -2.26. The molecule has 0 aliphatic carbocycles. The Hall–Kier alpha value is -3.34. The van der Waals surface area contributed by atoms with E-state index in [0.29, 0.717) is 12.2 Å². The second-order valence-electron chi connectivity index (χ2n) is 6.39. The predicted octanol–water partition coefficient (Wildman–Crippen LogP) is 4.05. The first-order chi connectivity index (χ1) is 13.7. The van der Waals surface area contributed by atoms with Crippen molar-refractivity contribution in [3.8, 4) is 5.75 Å². The molecule has 0 aliphatic heterocycles. The number of pyridine rings is 1. The van der Waals surface area contributed by atoms with Gasteiger partial charge < -0.3 is 15.0 Å². The van der Waals surface area contributed by atoms with E-state index < -0.39 is 0 Å². The van der Waals surface area contributed by atoms with E-state index in [1.165, 1.54) is 5.56 Å². The van der Waals surface area contributed by atoms with Gasteiger partial charge >= 0.3 is 0 Å². The van der Waals surface area contributed by atoms with E-state index in [-0.39, 0.29) is 5.91 Å². The molecule has 5 heteroatoms. The Morgan fingerprint density at radius 3 is 2.57 bits per heavy atom. The van der Waals surface area contributed by atoms with E-state index in [9.17, 15) is 4.79 Å². The zero-order chi connectivity index (χ0) is 19.8. The van der Waals surface area contributed by atoms with E-state index in [1.807, 2.05) is 54.6 Å². The maximum absolute atomic E-state index is 12.6. The van der Waals surface area contributed by atoms with Gasteiger partial charge in [-0.2, -0.15) is 0 Å². The van der Waals surface area contributed by atoms with Crippen LogP contribution in [0.5, 0.6) is 5.75 Å². The predicted molar refractivity (Wildman–Crippen MR) is 112 cm³/mol. The fraction of sp³-hybridized carbons (Fsp3) is 0.217. The van der Waals surface area contributed by atoms with Crippen LogP contribution in [0.1, 0.15) is 28.5 Å². The van der Waals surface area contributed by atoms with Crippen LogP contribution in [0.15, 0.2) is 72.9 Å². The number of nitrogens with zero attached hydrogens (tertiary/aromatic N) is 2. The second-order valence-corrected chi connectivity index (χ2v) is 6.39. The number of para-hydroxylation sites is 1. The molecule has 1 aromatic heterocycles. The third-order valence-corrected chi connectivity index (χ3v) is 4.57. The minimum absolute atomic E-state index is 0.205. The molecule has 144 valence electrons. The van der Waals surface area contributed by atoms with E-state index >= 15 is 0 Å². The molecule has 28 heavy (non-hydrogen) atoms. The molecule has 0 bridgehead atoms. The van der Waals surface area contributed by atoms with Gasteiger partial charge in [-0.05, 0) is 30.7 Å². The van der Waals surface area contributed by atoms with E-state index in [0.717, 1.165) is 30.1 Å². The van der Waals surface area contributed by atoms with Crippen LogP contribution < -0.4 is 15.0 Å². The van der Waals surface area contributed by atoms with Gasteiger partial charge in [-0.3, -0.25) is 9.78 Å². The third-order valence-electron chi connectivity index (χ3n) is 4.57. The molecule has 2 aromatic carbocycles. The highest BCUT2D eigenvalue weighted by atomic mass is 16.5. The van der Waals surface area contributed by atoms with Gasteiger partial charge in [0, 0.05) is 37.1 Å². The number of hydrogen-bond donors (Lipinski definition) is 1. The lowest BCUT2D eigenvalue weighted by molar-refractivity contribution is 0.0945. The zero-order valence-electron chi connectivity index (χ0n) is 16.3. The summed E-state index contributed by atoms with van der Waals surface area (Å²) in [6.45, 7) is 4.10. The number of benzene rings is 2. The van der Waals surface area contributed by atoms with Crippen molar-refractivity contribution in [1.29, 1.82) is 0 Å². The van der Waals surface area contributed by atoms with Crippen LogP contribution in [0.2, 0.25) is 0 Å².